The average Bonchev–Trinajstić information content (AvgIpc) is 2.43. The van der Waals surface area contributed by atoms with Crippen molar-refractivity contribution in [3.05, 3.63) is 29.8 Å². The molecule has 1 aromatic rings. The molecule has 0 aliphatic rings. The topological polar surface area (TPSA) is 58.2 Å². The molecule has 0 bridgehead atoms. The zero-order valence-corrected chi connectivity index (χ0v) is 13.6. The lowest BCUT2D eigenvalue weighted by Crippen LogP contribution is -2.28. The van der Waals surface area contributed by atoms with Gasteiger partial charge in [-0.3, -0.25) is 0 Å². The highest BCUT2D eigenvalue weighted by molar-refractivity contribution is 7.89. The lowest BCUT2D eigenvalue weighted by molar-refractivity contribution is 0.557. The molecule has 0 saturated heterocycles. The summed E-state index contributed by atoms with van der Waals surface area (Å²) < 4.78 is 27.0. The van der Waals surface area contributed by atoms with Gasteiger partial charge in [0.05, 0.1) is 4.90 Å². The van der Waals surface area contributed by atoms with Crippen LogP contribution in [0.1, 0.15) is 45.7 Å². The van der Waals surface area contributed by atoms with Gasteiger partial charge in [0.25, 0.3) is 0 Å². The first-order valence-electron chi connectivity index (χ1n) is 7.19. The Morgan fingerprint density at radius 3 is 2.50 bits per heavy atom. The first-order chi connectivity index (χ1) is 9.36. The summed E-state index contributed by atoms with van der Waals surface area (Å²) in [6.45, 7) is 9.49. The van der Waals surface area contributed by atoms with Gasteiger partial charge >= 0.3 is 0 Å². The van der Waals surface area contributed by atoms with E-state index in [1.54, 1.807) is 18.2 Å². The summed E-state index contributed by atoms with van der Waals surface area (Å²) in [5.74, 6) is 0.290. The first kappa shape index (κ1) is 17.1. The molecule has 0 spiro atoms. The highest BCUT2D eigenvalue weighted by Gasteiger charge is 2.15. The van der Waals surface area contributed by atoms with Crippen molar-refractivity contribution in [2.24, 2.45) is 5.92 Å². The fourth-order valence-corrected chi connectivity index (χ4v) is 3.06. The van der Waals surface area contributed by atoms with Crippen LogP contribution in [0.25, 0.3) is 0 Å². The van der Waals surface area contributed by atoms with Gasteiger partial charge in [-0.1, -0.05) is 32.9 Å². The lowest BCUT2D eigenvalue weighted by Gasteiger charge is -2.15. The number of sulfonamides is 1. The molecular formula is C15H26N2O2S. The van der Waals surface area contributed by atoms with Crippen molar-refractivity contribution in [2.45, 2.75) is 45.1 Å². The predicted molar refractivity (Wildman–Crippen MR) is 83.2 cm³/mol. The number of benzene rings is 1. The third-order valence-electron chi connectivity index (χ3n) is 3.05. The summed E-state index contributed by atoms with van der Waals surface area (Å²) in [4.78, 5) is 0.334. The minimum atomic E-state index is -3.41. The van der Waals surface area contributed by atoms with Crippen LogP contribution in [-0.4, -0.2) is 21.5 Å². The molecule has 1 atom stereocenters. The van der Waals surface area contributed by atoms with E-state index in [2.05, 4.69) is 17.0 Å². The Morgan fingerprint density at radius 2 is 1.90 bits per heavy atom. The van der Waals surface area contributed by atoms with Crippen LogP contribution in [0.2, 0.25) is 0 Å². The Kier molecular flexibility index (Phi) is 6.65. The Labute approximate surface area is 123 Å². The van der Waals surface area contributed by atoms with E-state index in [4.69, 9.17) is 0 Å². The van der Waals surface area contributed by atoms with Gasteiger partial charge in [0.2, 0.25) is 10.0 Å². The van der Waals surface area contributed by atoms with Crippen molar-refractivity contribution < 1.29 is 8.42 Å². The summed E-state index contributed by atoms with van der Waals surface area (Å²) >= 11 is 0. The smallest absolute Gasteiger partial charge is 0.240 e. The average molecular weight is 298 g/mol. The summed E-state index contributed by atoms with van der Waals surface area (Å²) in [5.41, 5.74) is 0.992. The van der Waals surface area contributed by atoms with Crippen molar-refractivity contribution >= 4 is 10.0 Å². The molecule has 0 aliphatic carbocycles. The minimum absolute atomic E-state index is 0.148. The molecule has 0 radical (unpaired) electrons. The lowest BCUT2D eigenvalue weighted by atomic mass is 10.1. The Morgan fingerprint density at radius 1 is 1.20 bits per heavy atom. The highest BCUT2D eigenvalue weighted by Crippen LogP contribution is 2.17. The van der Waals surface area contributed by atoms with Crippen molar-refractivity contribution in [3.63, 3.8) is 0 Å². The van der Waals surface area contributed by atoms with Gasteiger partial charge in [0.15, 0.2) is 0 Å². The van der Waals surface area contributed by atoms with Crippen LogP contribution in [0.4, 0.5) is 0 Å². The molecule has 2 N–H and O–H groups in total. The minimum Gasteiger partial charge on any atom is -0.310 e. The quantitative estimate of drug-likeness (QED) is 0.776. The molecule has 1 unspecified atom stereocenters. The third kappa shape index (κ3) is 5.23. The van der Waals surface area contributed by atoms with E-state index in [9.17, 15) is 8.42 Å². The number of rotatable bonds is 8. The van der Waals surface area contributed by atoms with Crippen LogP contribution in [0.5, 0.6) is 0 Å². The molecule has 1 aromatic carbocycles. The second-order valence-electron chi connectivity index (χ2n) is 5.49. The number of nitrogens with one attached hydrogen (secondary N) is 2. The SMILES string of the molecule is CCCNC(C)c1cccc(S(=O)(=O)NCC(C)C)c1. The molecule has 1 rings (SSSR count). The predicted octanol–water partition coefficient (Wildman–Crippen LogP) is 2.68. The zero-order chi connectivity index (χ0) is 15.2. The van der Waals surface area contributed by atoms with E-state index in [1.165, 1.54) is 0 Å². The first-order valence-corrected chi connectivity index (χ1v) is 8.68. The molecule has 0 saturated carbocycles. The van der Waals surface area contributed by atoms with Gasteiger partial charge < -0.3 is 5.32 Å². The summed E-state index contributed by atoms with van der Waals surface area (Å²) in [5, 5.41) is 3.36. The zero-order valence-electron chi connectivity index (χ0n) is 12.8. The van der Waals surface area contributed by atoms with E-state index >= 15 is 0 Å². The second-order valence-corrected chi connectivity index (χ2v) is 7.26. The van der Waals surface area contributed by atoms with Gasteiger partial charge in [-0.25, -0.2) is 13.1 Å². The monoisotopic (exact) mass is 298 g/mol. The van der Waals surface area contributed by atoms with E-state index in [-0.39, 0.29) is 12.0 Å². The van der Waals surface area contributed by atoms with Crippen molar-refractivity contribution in [1.29, 1.82) is 0 Å². The number of hydrogen-bond donors (Lipinski definition) is 2. The normalized spacial score (nSPS) is 13.7. The molecule has 20 heavy (non-hydrogen) atoms. The van der Waals surface area contributed by atoms with Crippen LogP contribution in [0.15, 0.2) is 29.2 Å². The molecule has 0 amide bonds. The largest absolute Gasteiger partial charge is 0.310 e. The third-order valence-corrected chi connectivity index (χ3v) is 4.47. The van der Waals surface area contributed by atoms with Crippen molar-refractivity contribution in [1.82, 2.24) is 10.0 Å². The van der Waals surface area contributed by atoms with Crippen LogP contribution in [0.3, 0.4) is 0 Å². The van der Waals surface area contributed by atoms with Gasteiger partial charge in [-0.2, -0.15) is 0 Å². The van der Waals surface area contributed by atoms with Gasteiger partial charge in [0.1, 0.15) is 0 Å². The summed E-state index contributed by atoms with van der Waals surface area (Å²) in [6, 6.07) is 7.28. The molecule has 4 nitrogen and oxygen atoms in total. The standard InChI is InChI=1S/C15H26N2O2S/c1-5-9-16-13(4)14-7-6-8-15(10-14)20(18,19)17-11-12(2)3/h6-8,10,12-13,16-17H,5,9,11H2,1-4H3. The van der Waals surface area contributed by atoms with E-state index in [1.807, 2.05) is 26.8 Å². The Bertz CT molecular complexity index is 512. The summed E-state index contributed by atoms with van der Waals surface area (Å²) in [7, 11) is -3.41. The van der Waals surface area contributed by atoms with Crippen molar-refractivity contribution in [2.75, 3.05) is 13.1 Å². The van der Waals surface area contributed by atoms with E-state index < -0.39 is 10.0 Å². The van der Waals surface area contributed by atoms with Gasteiger partial charge in [-0.05, 0) is 43.5 Å². The molecule has 5 heteroatoms. The van der Waals surface area contributed by atoms with Gasteiger partial charge in [0, 0.05) is 12.6 Å². The van der Waals surface area contributed by atoms with Crippen LogP contribution in [-0.2, 0) is 10.0 Å². The maximum atomic E-state index is 12.2. The second kappa shape index (κ2) is 7.76. The maximum absolute atomic E-state index is 12.2. The Hall–Kier alpha value is -0.910. The van der Waals surface area contributed by atoms with Gasteiger partial charge in [-0.15, -0.1) is 0 Å². The van der Waals surface area contributed by atoms with Crippen LogP contribution < -0.4 is 10.0 Å². The molecule has 0 fully saturated rings. The fourth-order valence-electron chi connectivity index (χ4n) is 1.79. The highest BCUT2D eigenvalue weighted by atomic mass is 32.2. The van der Waals surface area contributed by atoms with E-state index in [0.29, 0.717) is 11.4 Å². The van der Waals surface area contributed by atoms with Crippen molar-refractivity contribution in [3.8, 4) is 0 Å². The number of hydrogen-bond acceptors (Lipinski definition) is 3. The van der Waals surface area contributed by atoms with Crippen LogP contribution in [0, 0.1) is 5.92 Å². The molecule has 0 aliphatic heterocycles. The van der Waals surface area contributed by atoms with E-state index in [0.717, 1.165) is 18.5 Å². The van der Waals surface area contributed by atoms with Crippen LogP contribution >= 0.6 is 0 Å². The summed E-state index contributed by atoms with van der Waals surface area (Å²) in [6.07, 6.45) is 1.05. The molecular weight excluding hydrogens is 272 g/mol. The molecule has 114 valence electrons. The molecule has 0 aromatic heterocycles. The Balaban J connectivity index is 2.86. The molecule has 0 heterocycles. The fraction of sp³-hybridized carbons (Fsp3) is 0.600. The maximum Gasteiger partial charge on any atom is 0.240 e.